The number of nitrogens with zero attached hydrogens (tertiary/aromatic N) is 6. The third-order valence-electron chi connectivity index (χ3n) is 6.64. The Labute approximate surface area is 200 Å². The fourth-order valence-corrected chi connectivity index (χ4v) is 4.83. The van der Waals surface area contributed by atoms with E-state index in [0.29, 0.717) is 28.8 Å². The molecule has 1 aliphatic rings. The molecule has 0 spiro atoms. The molecule has 35 heavy (non-hydrogen) atoms. The van der Waals surface area contributed by atoms with Crippen LogP contribution in [0.1, 0.15) is 18.7 Å². The van der Waals surface area contributed by atoms with Crippen LogP contribution in [0.2, 0.25) is 0 Å². The Kier molecular flexibility index (Phi) is 4.85. The van der Waals surface area contributed by atoms with E-state index < -0.39 is 5.82 Å². The van der Waals surface area contributed by atoms with Crippen LogP contribution in [0.15, 0.2) is 59.8 Å². The zero-order chi connectivity index (χ0) is 24.3. The van der Waals surface area contributed by atoms with Gasteiger partial charge in [0, 0.05) is 37.6 Å². The quantitative estimate of drug-likeness (QED) is 0.434. The number of aromatic nitrogens is 6. The number of hydrogen-bond donors (Lipinski definition) is 1. The van der Waals surface area contributed by atoms with E-state index in [1.54, 1.807) is 47.9 Å². The van der Waals surface area contributed by atoms with Gasteiger partial charge >= 0.3 is 5.69 Å². The van der Waals surface area contributed by atoms with Crippen LogP contribution in [0.4, 0.5) is 4.39 Å². The first kappa shape index (κ1) is 21.4. The number of halogens is 1. The number of imidazole rings is 1. The van der Waals surface area contributed by atoms with Crippen molar-refractivity contribution in [1.29, 1.82) is 0 Å². The summed E-state index contributed by atoms with van der Waals surface area (Å²) in [6, 6.07) is 10.9. The van der Waals surface area contributed by atoms with Gasteiger partial charge in [-0.25, -0.2) is 9.18 Å². The largest absolute Gasteiger partial charge is 0.497 e. The van der Waals surface area contributed by atoms with Gasteiger partial charge < -0.3 is 10.1 Å². The van der Waals surface area contributed by atoms with Gasteiger partial charge in [0.25, 0.3) is 0 Å². The standard InChI is InChI=1S/C25H24FN7O2/c1-15-23-24(22(29-33(23)11-10-27-15)16-4-6-17(35-3)7-5-16)32-13-12-31(25(32)34)20-9-8-19-18(21(20)26)14-28-30(19)2/h4-9,12-15,27H,10-11H2,1-3H3. The Balaban J connectivity index is 1.55. The topological polar surface area (TPSA) is 83.8 Å². The van der Waals surface area contributed by atoms with Crippen molar-refractivity contribution in [3.63, 3.8) is 0 Å². The monoisotopic (exact) mass is 473 g/mol. The van der Waals surface area contributed by atoms with Gasteiger partial charge in [-0.15, -0.1) is 0 Å². The van der Waals surface area contributed by atoms with Crippen LogP contribution in [0, 0.1) is 5.82 Å². The highest BCUT2D eigenvalue weighted by atomic mass is 19.1. The molecular formula is C25H24FN7O2. The molecule has 9 nitrogen and oxygen atoms in total. The van der Waals surface area contributed by atoms with Crippen molar-refractivity contribution in [2.75, 3.05) is 13.7 Å². The highest BCUT2D eigenvalue weighted by molar-refractivity contribution is 5.82. The zero-order valence-electron chi connectivity index (χ0n) is 19.6. The van der Waals surface area contributed by atoms with Gasteiger partial charge in [-0.2, -0.15) is 10.2 Å². The number of benzene rings is 2. The van der Waals surface area contributed by atoms with Crippen LogP contribution in [-0.2, 0) is 13.6 Å². The van der Waals surface area contributed by atoms with Gasteiger partial charge in [0.15, 0.2) is 5.82 Å². The maximum absolute atomic E-state index is 15.4. The molecule has 1 unspecified atom stereocenters. The SMILES string of the molecule is COc1ccc(-c2nn3c(c2-n2ccn(-c4ccc5c(cnn5C)c4F)c2=O)C(C)NCC3)cc1. The molecular weight excluding hydrogens is 449 g/mol. The first-order valence-electron chi connectivity index (χ1n) is 11.4. The lowest BCUT2D eigenvalue weighted by Gasteiger charge is -2.23. The maximum Gasteiger partial charge on any atom is 0.337 e. The van der Waals surface area contributed by atoms with Gasteiger partial charge in [0.2, 0.25) is 0 Å². The Morgan fingerprint density at radius 3 is 2.66 bits per heavy atom. The lowest BCUT2D eigenvalue weighted by molar-refractivity contribution is 0.415. The Morgan fingerprint density at radius 2 is 1.89 bits per heavy atom. The highest BCUT2D eigenvalue weighted by Crippen LogP contribution is 2.34. The van der Waals surface area contributed by atoms with E-state index in [4.69, 9.17) is 9.84 Å². The smallest absolute Gasteiger partial charge is 0.337 e. The maximum atomic E-state index is 15.4. The van der Waals surface area contributed by atoms with Crippen LogP contribution < -0.4 is 15.7 Å². The minimum atomic E-state index is -0.488. The summed E-state index contributed by atoms with van der Waals surface area (Å²) in [5, 5.41) is 12.8. The molecule has 2 aromatic carbocycles. The Hall–Kier alpha value is -4.18. The molecule has 0 fully saturated rings. The van der Waals surface area contributed by atoms with E-state index in [1.807, 2.05) is 35.9 Å². The van der Waals surface area contributed by atoms with Gasteiger partial charge in [-0.05, 0) is 43.3 Å². The lowest BCUT2D eigenvalue weighted by Crippen LogP contribution is -2.33. The average Bonchev–Trinajstić information content (AvgIpc) is 3.55. The minimum Gasteiger partial charge on any atom is -0.497 e. The van der Waals surface area contributed by atoms with Crippen molar-refractivity contribution in [1.82, 2.24) is 34.0 Å². The van der Waals surface area contributed by atoms with E-state index in [9.17, 15) is 4.79 Å². The number of nitrogens with one attached hydrogen (secondary N) is 1. The molecule has 0 amide bonds. The second kappa shape index (κ2) is 7.95. The lowest BCUT2D eigenvalue weighted by atomic mass is 10.1. The summed E-state index contributed by atoms with van der Waals surface area (Å²) in [4.78, 5) is 13.7. The molecule has 4 heterocycles. The van der Waals surface area contributed by atoms with E-state index in [-0.39, 0.29) is 17.4 Å². The Morgan fingerprint density at radius 1 is 1.11 bits per heavy atom. The summed E-state index contributed by atoms with van der Waals surface area (Å²) < 4.78 is 27.1. The average molecular weight is 474 g/mol. The van der Waals surface area contributed by atoms with Crippen molar-refractivity contribution >= 4 is 10.9 Å². The molecule has 6 rings (SSSR count). The van der Waals surface area contributed by atoms with Gasteiger partial charge in [0.05, 0.1) is 42.1 Å². The molecule has 0 saturated carbocycles. The van der Waals surface area contributed by atoms with Crippen molar-refractivity contribution < 1.29 is 9.13 Å². The summed E-state index contributed by atoms with van der Waals surface area (Å²) in [5.41, 5.74) is 3.58. The predicted molar refractivity (Wildman–Crippen MR) is 130 cm³/mol. The van der Waals surface area contributed by atoms with E-state index in [2.05, 4.69) is 10.4 Å². The van der Waals surface area contributed by atoms with Crippen molar-refractivity contribution in [3.8, 4) is 28.4 Å². The molecule has 10 heteroatoms. The van der Waals surface area contributed by atoms with Crippen LogP contribution in [0.25, 0.3) is 33.5 Å². The van der Waals surface area contributed by atoms with Crippen LogP contribution in [-0.4, -0.2) is 42.3 Å². The van der Waals surface area contributed by atoms with Crippen molar-refractivity contribution in [3.05, 3.63) is 77.0 Å². The number of rotatable bonds is 4. The summed E-state index contributed by atoms with van der Waals surface area (Å²) >= 11 is 0. The fourth-order valence-electron chi connectivity index (χ4n) is 4.83. The summed E-state index contributed by atoms with van der Waals surface area (Å²) in [6.45, 7) is 3.51. The first-order chi connectivity index (χ1) is 17.0. The number of methoxy groups -OCH3 is 1. The van der Waals surface area contributed by atoms with Crippen LogP contribution in [0.5, 0.6) is 5.75 Å². The molecule has 1 atom stereocenters. The number of ether oxygens (including phenoxy) is 1. The molecule has 0 saturated heterocycles. The highest BCUT2D eigenvalue weighted by Gasteiger charge is 2.28. The second-order valence-corrected chi connectivity index (χ2v) is 8.63. The van der Waals surface area contributed by atoms with Gasteiger partial charge in [-0.3, -0.25) is 18.5 Å². The molecule has 1 aliphatic heterocycles. The van der Waals surface area contributed by atoms with E-state index >= 15 is 4.39 Å². The van der Waals surface area contributed by atoms with Crippen molar-refractivity contribution in [2.24, 2.45) is 7.05 Å². The molecule has 3 aromatic heterocycles. The number of hydrogen-bond acceptors (Lipinski definition) is 5. The Bertz CT molecular complexity index is 1620. The summed E-state index contributed by atoms with van der Waals surface area (Å²) in [6.07, 6.45) is 4.73. The molecule has 0 bridgehead atoms. The molecule has 5 aromatic rings. The van der Waals surface area contributed by atoms with Gasteiger partial charge in [-0.1, -0.05) is 0 Å². The predicted octanol–water partition coefficient (Wildman–Crippen LogP) is 3.19. The molecule has 178 valence electrons. The van der Waals surface area contributed by atoms with Crippen LogP contribution in [0.3, 0.4) is 0 Å². The molecule has 0 radical (unpaired) electrons. The number of aryl methyl sites for hydroxylation is 1. The zero-order valence-corrected chi connectivity index (χ0v) is 19.6. The van der Waals surface area contributed by atoms with Gasteiger partial charge in [0.1, 0.15) is 17.1 Å². The minimum absolute atomic E-state index is 0.0167. The normalized spacial score (nSPS) is 15.5. The van der Waals surface area contributed by atoms with E-state index in [1.165, 1.54) is 10.8 Å². The number of fused-ring (bicyclic) bond motifs is 2. The van der Waals surface area contributed by atoms with E-state index in [0.717, 1.165) is 23.6 Å². The summed E-state index contributed by atoms with van der Waals surface area (Å²) in [7, 11) is 3.37. The van der Waals surface area contributed by atoms with Crippen molar-refractivity contribution in [2.45, 2.75) is 19.5 Å². The first-order valence-corrected chi connectivity index (χ1v) is 11.4. The second-order valence-electron chi connectivity index (χ2n) is 8.63. The molecule has 1 N–H and O–H groups in total. The van der Waals surface area contributed by atoms with Crippen LogP contribution >= 0.6 is 0 Å². The molecule has 0 aliphatic carbocycles. The fraction of sp³-hybridized carbons (Fsp3) is 0.240. The third kappa shape index (κ3) is 3.21. The third-order valence-corrected chi connectivity index (χ3v) is 6.64. The summed E-state index contributed by atoms with van der Waals surface area (Å²) in [5.74, 6) is 0.247.